The van der Waals surface area contributed by atoms with Gasteiger partial charge in [0.2, 0.25) is 5.91 Å². The molecule has 5 heteroatoms. The number of primary amides is 1. The first kappa shape index (κ1) is 13.3. The van der Waals surface area contributed by atoms with Crippen molar-refractivity contribution in [3.8, 4) is 0 Å². The number of amides is 1. The monoisotopic (exact) mass is 219 g/mol. The SMILES string of the molecule is CCCC[C@@H](S[C@@H](C)C(N)=O)C(=O)O. The molecule has 3 N–H and O–H groups in total. The van der Waals surface area contributed by atoms with Crippen molar-refractivity contribution in [3.05, 3.63) is 0 Å². The third-order valence-electron chi connectivity index (χ3n) is 1.86. The van der Waals surface area contributed by atoms with E-state index in [9.17, 15) is 9.59 Å². The van der Waals surface area contributed by atoms with Crippen LogP contribution < -0.4 is 5.73 Å². The second-order valence-corrected chi connectivity index (χ2v) is 4.70. The number of aliphatic carboxylic acids is 1. The highest BCUT2D eigenvalue weighted by molar-refractivity contribution is 8.01. The lowest BCUT2D eigenvalue weighted by molar-refractivity contribution is -0.136. The minimum atomic E-state index is -0.864. The molecule has 0 heterocycles. The van der Waals surface area contributed by atoms with Gasteiger partial charge >= 0.3 is 5.97 Å². The Morgan fingerprint density at radius 3 is 2.43 bits per heavy atom. The second kappa shape index (κ2) is 6.70. The molecule has 0 spiro atoms. The molecule has 0 bridgehead atoms. The fraction of sp³-hybridized carbons (Fsp3) is 0.778. The number of carboxylic acid groups (broad SMARTS) is 1. The van der Waals surface area contributed by atoms with Crippen molar-refractivity contribution in [2.45, 2.75) is 43.6 Å². The molecule has 0 saturated heterocycles. The van der Waals surface area contributed by atoms with Crippen LogP contribution in [0.4, 0.5) is 0 Å². The molecule has 0 rings (SSSR count). The van der Waals surface area contributed by atoms with E-state index in [-0.39, 0.29) is 0 Å². The second-order valence-electron chi connectivity index (χ2n) is 3.15. The molecule has 0 aliphatic rings. The number of thioether (sulfide) groups is 1. The van der Waals surface area contributed by atoms with E-state index in [1.807, 2.05) is 6.92 Å². The third-order valence-corrected chi connectivity index (χ3v) is 3.27. The molecular weight excluding hydrogens is 202 g/mol. The minimum absolute atomic E-state index is 0.437. The molecule has 14 heavy (non-hydrogen) atoms. The lowest BCUT2D eigenvalue weighted by Crippen LogP contribution is -2.28. The van der Waals surface area contributed by atoms with Gasteiger partial charge in [0.05, 0.1) is 5.25 Å². The fourth-order valence-corrected chi connectivity index (χ4v) is 2.00. The molecule has 0 aromatic heterocycles. The van der Waals surface area contributed by atoms with Crippen molar-refractivity contribution < 1.29 is 14.7 Å². The fourth-order valence-electron chi connectivity index (χ4n) is 0.953. The Labute approximate surface area is 88.2 Å². The zero-order valence-electron chi connectivity index (χ0n) is 8.53. The molecule has 1 amide bonds. The van der Waals surface area contributed by atoms with Gasteiger partial charge in [0.25, 0.3) is 0 Å². The van der Waals surface area contributed by atoms with Gasteiger partial charge in [-0.1, -0.05) is 19.8 Å². The number of rotatable bonds is 7. The Bertz CT molecular complexity index is 208. The van der Waals surface area contributed by atoms with Crippen molar-refractivity contribution in [1.29, 1.82) is 0 Å². The zero-order chi connectivity index (χ0) is 11.1. The summed E-state index contributed by atoms with van der Waals surface area (Å²) in [5, 5.41) is 7.90. The quantitative estimate of drug-likeness (QED) is 0.675. The molecule has 0 radical (unpaired) electrons. The zero-order valence-corrected chi connectivity index (χ0v) is 9.34. The Balaban J connectivity index is 4.08. The van der Waals surface area contributed by atoms with Gasteiger partial charge in [-0.05, 0) is 13.3 Å². The van der Waals surface area contributed by atoms with Gasteiger partial charge in [-0.25, -0.2) is 0 Å². The number of carbonyl (C=O) groups is 2. The Hall–Kier alpha value is -0.710. The van der Waals surface area contributed by atoms with E-state index in [2.05, 4.69) is 0 Å². The molecule has 0 unspecified atom stereocenters. The first-order chi connectivity index (χ1) is 6.49. The minimum Gasteiger partial charge on any atom is -0.480 e. The smallest absolute Gasteiger partial charge is 0.316 e. The van der Waals surface area contributed by atoms with Crippen LogP contribution >= 0.6 is 11.8 Å². The van der Waals surface area contributed by atoms with Crippen LogP contribution in [0.1, 0.15) is 33.1 Å². The van der Waals surface area contributed by atoms with E-state index in [4.69, 9.17) is 10.8 Å². The topological polar surface area (TPSA) is 80.4 Å². The maximum absolute atomic E-state index is 10.8. The van der Waals surface area contributed by atoms with Crippen LogP contribution in [0.5, 0.6) is 0 Å². The van der Waals surface area contributed by atoms with E-state index in [1.165, 1.54) is 0 Å². The summed E-state index contributed by atoms with van der Waals surface area (Å²) in [6.07, 6.45) is 2.40. The third kappa shape index (κ3) is 5.11. The highest BCUT2D eigenvalue weighted by atomic mass is 32.2. The van der Waals surface area contributed by atoms with E-state index in [0.29, 0.717) is 6.42 Å². The summed E-state index contributed by atoms with van der Waals surface area (Å²) in [6, 6.07) is 0. The molecule has 0 aliphatic heterocycles. The van der Waals surface area contributed by atoms with Crippen LogP contribution in [0, 0.1) is 0 Å². The standard InChI is InChI=1S/C9H17NO3S/c1-3-4-5-7(9(12)13)14-6(2)8(10)11/h6-7H,3-5H2,1-2H3,(H2,10,11)(H,12,13)/t6-,7+/m0/s1. The average Bonchev–Trinajstić information content (AvgIpc) is 2.10. The van der Waals surface area contributed by atoms with Crippen LogP contribution in [-0.4, -0.2) is 27.5 Å². The van der Waals surface area contributed by atoms with Gasteiger partial charge < -0.3 is 10.8 Å². The van der Waals surface area contributed by atoms with Crippen molar-refractivity contribution in [2.75, 3.05) is 0 Å². The predicted molar refractivity (Wildman–Crippen MR) is 57.2 cm³/mol. The van der Waals surface area contributed by atoms with E-state index >= 15 is 0 Å². The lowest BCUT2D eigenvalue weighted by atomic mass is 10.2. The first-order valence-electron chi connectivity index (χ1n) is 4.66. The number of nitrogens with two attached hydrogens (primary N) is 1. The normalized spacial score (nSPS) is 14.7. The van der Waals surface area contributed by atoms with Gasteiger partial charge in [-0.15, -0.1) is 11.8 Å². The van der Waals surface area contributed by atoms with Crippen LogP contribution in [0.3, 0.4) is 0 Å². The summed E-state index contributed by atoms with van der Waals surface area (Å²) in [4.78, 5) is 21.5. The van der Waals surface area contributed by atoms with Gasteiger partial charge in [-0.3, -0.25) is 9.59 Å². The van der Waals surface area contributed by atoms with Crippen molar-refractivity contribution in [2.24, 2.45) is 5.73 Å². The molecule has 82 valence electrons. The van der Waals surface area contributed by atoms with Crippen LogP contribution in [-0.2, 0) is 9.59 Å². The lowest BCUT2D eigenvalue weighted by Gasteiger charge is -2.14. The summed E-state index contributed by atoms with van der Waals surface area (Å²) in [7, 11) is 0. The molecule has 4 nitrogen and oxygen atoms in total. The largest absolute Gasteiger partial charge is 0.480 e. The summed E-state index contributed by atoms with van der Waals surface area (Å²) in [6.45, 7) is 3.63. The van der Waals surface area contributed by atoms with Crippen molar-refractivity contribution in [3.63, 3.8) is 0 Å². The molecule has 0 aliphatic carbocycles. The Morgan fingerprint density at radius 1 is 1.50 bits per heavy atom. The van der Waals surface area contributed by atoms with Gasteiger partial charge in [0, 0.05) is 0 Å². The van der Waals surface area contributed by atoms with Gasteiger partial charge in [0.15, 0.2) is 0 Å². The number of hydrogen-bond donors (Lipinski definition) is 2. The maximum atomic E-state index is 10.8. The number of hydrogen-bond acceptors (Lipinski definition) is 3. The summed E-state index contributed by atoms with van der Waals surface area (Å²) in [5.41, 5.74) is 5.06. The molecular formula is C9H17NO3S. The molecule has 0 aromatic rings. The summed E-state index contributed by atoms with van der Waals surface area (Å²) >= 11 is 1.13. The van der Waals surface area contributed by atoms with Crippen LogP contribution in [0.25, 0.3) is 0 Å². The number of carboxylic acids is 1. The van der Waals surface area contributed by atoms with Crippen LogP contribution in [0.15, 0.2) is 0 Å². The predicted octanol–water partition coefficient (Wildman–Crippen LogP) is 1.24. The molecule has 0 saturated carbocycles. The number of carbonyl (C=O) groups excluding carboxylic acids is 1. The number of unbranched alkanes of at least 4 members (excludes halogenated alkanes) is 1. The van der Waals surface area contributed by atoms with E-state index in [1.54, 1.807) is 6.92 Å². The molecule has 0 aromatic carbocycles. The van der Waals surface area contributed by atoms with Gasteiger partial charge in [-0.2, -0.15) is 0 Å². The van der Waals surface area contributed by atoms with Crippen molar-refractivity contribution in [1.82, 2.24) is 0 Å². The van der Waals surface area contributed by atoms with Crippen molar-refractivity contribution >= 4 is 23.6 Å². The summed E-state index contributed by atoms with van der Waals surface area (Å²) in [5.74, 6) is -1.32. The molecule has 0 fully saturated rings. The van der Waals surface area contributed by atoms with Gasteiger partial charge in [0.1, 0.15) is 5.25 Å². The average molecular weight is 219 g/mol. The maximum Gasteiger partial charge on any atom is 0.316 e. The van der Waals surface area contributed by atoms with Crippen LogP contribution in [0.2, 0.25) is 0 Å². The summed E-state index contributed by atoms with van der Waals surface area (Å²) < 4.78 is 0. The highest BCUT2D eigenvalue weighted by Crippen LogP contribution is 2.22. The first-order valence-corrected chi connectivity index (χ1v) is 5.60. The van der Waals surface area contributed by atoms with E-state index in [0.717, 1.165) is 24.6 Å². The van der Waals surface area contributed by atoms with E-state index < -0.39 is 22.4 Å². The molecule has 2 atom stereocenters. The Morgan fingerprint density at radius 2 is 2.07 bits per heavy atom. The highest BCUT2D eigenvalue weighted by Gasteiger charge is 2.22. The Kier molecular flexibility index (Phi) is 6.36.